The van der Waals surface area contributed by atoms with Gasteiger partial charge >= 0.3 is 6.09 Å². The minimum Gasteiger partial charge on any atom is -0.444 e. The molecule has 0 fully saturated rings. The van der Waals surface area contributed by atoms with Crippen LogP contribution in [0.3, 0.4) is 0 Å². The number of fused-ring (bicyclic) bond motifs is 3. The quantitative estimate of drug-likeness (QED) is 0.727. The average Bonchev–Trinajstić information content (AvgIpc) is 2.74. The molecule has 0 aliphatic carbocycles. The predicted molar refractivity (Wildman–Crippen MR) is 82.2 cm³/mol. The molecule has 0 bridgehead atoms. The Morgan fingerprint density at radius 3 is 2.80 bits per heavy atom. The van der Waals surface area contributed by atoms with E-state index >= 15 is 0 Å². The number of carbonyl (C=O) groups excluding carboxylic acids is 1. The lowest BCUT2D eigenvalue weighted by atomic mass is 10.0. The molecule has 0 unspecified atom stereocenters. The Bertz CT molecular complexity index is 654. The van der Waals surface area contributed by atoms with Gasteiger partial charge in [0, 0.05) is 16.1 Å². The largest absolute Gasteiger partial charge is 0.444 e. The van der Waals surface area contributed by atoms with E-state index in [1.807, 2.05) is 25.7 Å². The van der Waals surface area contributed by atoms with E-state index in [1.54, 1.807) is 11.3 Å². The molecule has 3 nitrogen and oxygen atoms in total. The summed E-state index contributed by atoms with van der Waals surface area (Å²) in [6, 6.07) is 8.47. The second-order valence-electron chi connectivity index (χ2n) is 6.15. The third-order valence-electron chi connectivity index (χ3n) is 3.40. The van der Waals surface area contributed by atoms with Crippen molar-refractivity contribution in [3.63, 3.8) is 0 Å². The van der Waals surface area contributed by atoms with Crippen molar-refractivity contribution >= 4 is 27.5 Å². The Hall–Kier alpha value is -1.55. The van der Waals surface area contributed by atoms with Crippen molar-refractivity contribution in [1.29, 1.82) is 0 Å². The fraction of sp³-hybridized carbons (Fsp3) is 0.438. The average molecular weight is 289 g/mol. The van der Waals surface area contributed by atoms with Crippen molar-refractivity contribution in [2.75, 3.05) is 6.54 Å². The first kappa shape index (κ1) is 13.4. The van der Waals surface area contributed by atoms with Crippen LogP contribution in [0.25, 0.3) is 10.1 Å². The van der Waals surface area contributed by atoms with Gasteiger partial charge in [-0.3, -0.25) is 0 Å². The highest BCUT2D eigenvalue weighted by Crippen LogP contribution is 2.35. The molecule has 1 amide bonds. The van der Waals surface area contributed by atoms with Crippen molar-refractivity contribution in [3.8, 4) is 0 Å². The van der Waals surface area contributed by atoms with E-state index in [4.69, 9.17) is 4.74 Å². The monoisotopic (exact) mass is 289 g/mol. The van der Waals surface area contributed by atoms with Gasteiger partial charge < -0.3 is 9.64 Å². The Labute approximate surface area is 123 Å². The lowest BCUT2D eigenvalue weighted by Gasteiger charge is -2.30. The summed E-state index contributed by atoms with van der Waals surface area (Å²) >= 11 is 1.79. The topological polar surface area (TPSA) is 29.5 Å². The molecule has 20 heavy (non-hydrogen) atoms. The summed E-state index contributed by atoms with van der Waals surface area (Å²) in [4.78, 5) is 15.3. The fourth-order valence-corrected chi connectivity index (χ4v) is 3.80. The van der Waals surface area contributed by atoms with Crippen LogP contribution in [-0.4, -0.2) is 23.1 Å². The minimum absolute atomic E-state index is 0.208. The summed E-state index contributed by atoms with van der Waals surface area (Å²) in [5, 5.41) is 1.34. The maximum Gasteiger partial charge on any atom is 0.410 e. The SMILES string of the molecule is CC(C)(C)OC(=O)N1CCc2c(sc3ccccc23)C1. The van der Waals surface area contributed by atoms with Crippen LogP contribution in [0.5, 0.6) is 0 Å². The van der Waals surface area contributed by atoms with Crippen LogP contribution in [0.15, 0.2) is 24.3 Å². The summed E-state index contributed by atoms with van der Waals surface area (Å²) < 4.78 is 6.77. The fourth-order valence-electron chi connectivity index (χ4n) is 2.53. The highest BCUT2D eigenvalue weighted by Gasteiger charge is 2.27. The molecular formula is C16H19NO2S. The Kier molecular flexibility index (Phi) is 3.21. The van der Waals surface area contributed by atoms with Crippen molar-refractivity contribution in [1.82, 2.24) is 4.90 Å². The van der Waals surface area contributed by atoms with Gasteiger partial charge in [0.2, 0.25) is 0 Å². The molecule has 1 aliphatic heterocycles. The van der Waals surface area contributed by atoms with Crippen LogP contribution in [0.4, 0.5) is 4.79 Å². The van der Waals surface area contributed by atoms with E-state index in [0.29, 0.717) is 6.54 Å². The zero-order chi connectivity index (χ0) is 14.3. The van der Waals surface area contributed by atoms with Gasteiger partial charge in [0.25, 0.3) is 0 Å². The Morgan fingerprint density at radius 1 is 1.30 bits per heavy atom. The zero-order valence-corrected chi connectivity index (χ0v) is 12.9. The molecule has 4 heteroatoms. The second kappa shape index (κ2) is 4.77. The highest BCUT2D eigenvalue weighted by atomic mass is 32.1. The summed E-state index contributed by atoms with van der Waals surface area (Å²) in [6.45, 7) is 7.12. The molecule has 0 saturated heterocycles. The molecule has 0 radical (unpaired) electrons. The van der Waals surface area contributed by atoms with Gasteiger partial charge in [0.1, 0.15) is 5.60 Å². The van der Waals surface area contributed by atoms with Gasteiger partial charge in [-0.05, 0) is 44.2 Å². The van der Waals surface area contributed by atoms with Crippen LogP contribution in [0, 0.1) is 0 Å². The van der Waals surface area contributed by atoms with E-state index in [0.717, 1.165) is 13.0 Å². The van der Waals surface area contributed by atoms with Crippen LogP contribution in [-0.2, 0) is 17.7 Å². The molecule has 1 aromatic carbocycles. The van der Waals surface area contributed by atoms with Crippen molar-refractivity contribution in [2.24, 2.45) is 0 Å². The van der Waals surface area contributed by atoms with E-state index < -0.39 is 5.60 Å². The van der Waals surface area contributed by atoms with Crippen LogP contribution < -0.4 is 0 Å². The number of carbonyl (C=O) groups is 1. The normalized spacial score (nSPS) is 15.2. The van der Waals surface area contributed by atoms with Crippen LogP contribution in [0.1, 0.15) is 31.2 Å². The standard InChI is InChI=1S/C16H19NO2S/c1-16(2,3)19-15(18)17-9-8-12-11-6-4-5-7-13(11)20-14(12)10-17/h4-7H,8-10H2,1-3H3. The second-order valence-corrected chi connectivity index (χ2v) is 7.29. The Morgan fingerprint density at radius 2 is 2.05 bits per heavy atom. The summed E-state index contributed by atoms with van der Waals surface area (Å²) in [6.07, 6.45) is 0.707. The third kappa shape index (κ3) is 2.52. The third-order valence-corrected chi connectivity index (χ3v) is 4.60. The number of nitrogens with zero attached hydrogens (tertiary/aromatic N) is 1. The van der Waals surface area contributed by atoms with Gasteiger partial charge in [-0.15, -0.1) is 11.3 Å². The number of thiophene rings is 1. The Balaban J connectivity index is 1.84. The highest BCUT2D eigenvalue weighted by molar-refractivity contribution is 7.19. The van der Waals surface area contributed by atoms with Crippen molar-refractivity contribution in [2.45, 2.75) is 39.3 Å². The van der Waals surface area contributed by atoms with Crippen LogP contribution >= 0.6 is 11.3 Å². The maximum absolute atomic E-state index is 12.1. The molecule has 0 spiro atoms. The number of rotatable bonds is 0. The van der Waals surface area contributed by atoms with Crippen molar-refractivity contribution in [3.05, 3.63) is 34.7 Å². The zero-order valence-electron chi connectivity index (χ0n) is 12.1. The van der Waals surface area contributed by atoms with E-state index in [2.05, 4.69) is 24.3 Å². The first-order chi connectivity index (χ1) is 9.44. The molecule has 106 valence electrons. The molecule has 0 saturated carbocycles. The first-order valence-electron chi connectivity index (χ1n) is 6.91. The molecule has 0 N–H and O–H groups in total. The molecule has 2 heterocycles. The molecule has 1 aliphatic rings. The first-order valence-corrected chi connectivity index (χ1v) is 7.73. The van der Waals surface area contributed by atoms with E-state index in [1.165, 1.54) is 20.5 Å². The minimum atomic E-state index is -0.433. The van der Waals surface area contributed by atoms with Crippen molar-refractivity contribution < 1.29 is 9.53 Å². The molecule has 3 rings (SSSR count). The molecule has 0 atom stereocenters. The lowest BCUT2D eigenvalue weighted by molar-refractivity contribution is 0.0227. The van der Waals surface area contributed by atoms with E-state index in [9.17, 15) is 4.79 Å². The van der Waals surface area contributed by atoms with Gasteiger partial charge in [-0.1, -0.05) is 18.2 Å². The van der Waals surface area contributed by atoms with E-state index in [-0.39, 0.29) is 6.09 Å². The number of hydrogen-bond acceptors (Lipinski definition) is 3. The summed E-state index contributed by atoms with van der Waals surface area (Å²) in [5.74, 6) is 0. The van der Waals surface area contributed by atoms with Crippen LogP contribution in [0.2, 0.25) is 0 Å². The summed E-state index contributed by atoms with van der Waals surface area (Å²) in [7, 11) is 0. The maximum atomic E-state index is 12.1. The molecular weight excluding hydrogens is 270 g/mol. The molecule has 1 aromatic heterocycles. The molecule has 2 aromatic rings. The number of amides is 1. The number of benzene rings is 1. The van der Waals surface area contributed by atoms with Gasteiger partial charge in [-0.25, -0.2) is 4.79 Å². The smallest absolute Gasteiger partial charge is 0.410 e. The summed E-state index contributed by atoms with van der Waals surface area (Å²) in [5.41, 5.74) is 0.975. The predicted octanol–water partition coefficient (Wildman–Crippen LogP) is 4.19. The van der Waals surface area contributed by atoms with Gasteiger partial charge in [-0.2, -0.15) is 0 Å². The number of ether oxygens (including phenoxy) is 1. The van der Waals surface area contributed by atoms with Gasteiger partial charge in [0.05, 0.1) is 6.54 Å². The lowest BCUT2D eigenvalue weighted by Crippen LogP contribution is -2.39. The van der Waals surface area contributed by atoms with Gasteiger partial charge in [0.15, 0.2) is 0 Å². The number of hydrogen-bond donors (Lipinski definition) is 0.